The number of aliphatic hydroxyl groups is 1. The largest absolute Gasteiger partial charge is 0.454 e. The molecule has 0 aromatic carbocycles. The molecule has 0 unspecified atom stereocenters. The maximum absolute atomic E-state index is 10.2. The van der Waals surface area contributed by atoms with E-state index in [2.05, 4.69) is 16.0 Å². The van der Waals surface area contributed by atoms with Crippen molar-refractivity contribution in [1.82, 2.24) is 9.97 Å². The Morgan fingerprint density at radius 3 is 2.76 bits per heavy atom. The summed E-state index contributed by atoms with van der Waals surface area (Å²) in [5, 5.41) is 10.2. The highest BCUT2D eigenvalue weighted by atomic mass is 32.2. The van der Waals surface area contributed by atoms with Crippen molar-refractivity contribution < 1.29 is 9.52 Å². The fourth-order valence-corrected chi connectivity index (χ4v) is 3.86. The van der Waals surface area contributed by atoms with Gasteiger partial charge in [-0.1, -0.05) is 6.08 Å². The van der Waals surface area contributed by atoms with Gasteiger partial charge in [-0.2, -0.15) is 11.8 Å². The summed E-state index contributed by atoms with van der Waals surface area (Å²) < 4.78 is 6.20. The number of pyridine rings is 2. The SMILES string of the molecule is CC(C)(O)c1cc(-c2ccnc3cc(C4=CCSCC4)oc23)ccn1. The molecule has 0 amide bonds. The minimum Gasteiger partial charge on any atom is -0.454 e. The van der Waals surface area contributed by atoms with Crippen molar-refractivity contribution >= 4 is 28.4 Å². The van der Waals surface area contributed by atoms with Crippen LogP contribution in [-0.2, 0) is 5.60 Å². The fourth-order valence-electron chi connectivity index (χ4n) is 3.01. The van der Waals surface area contributed by atoms with E-state index in [0.717, 1.165) is 45.9 Å². The number of fused-ring (bicyclic) bond motifs is 1. The van der Waals surface area contributed by atoms with Crippen molar-refractivity contribution in [2.24, 2.45) is 0 Å². The van der Waals surface area contributed by atoms with Gasteiger partial charge >= 0.3 is 0 Å². The highest BCUT2D eigenvalue weighted by molar-refractivity contribution is 7.99. The molecule has 3 aromatic rings. The molecule has 0 saturated carbocycles. The Hall–Kier alpha value is -2.11. The lowest BCUT2D eigenvalue weighted by molar-refractivity contribution is 0.0739. The van der Waals surface area contributed by atoms with Crippen molar-refractivity contribution in [2.45, 2.75) is 25.9 Å². The number of furan rings is 1. The zero-order chi connectivity index (χ0) is 17.4. The Bertz CT molecular complexity index is 954. The van der Waals surface area contributed by atoms with E-state index in [4.69, 9.17) is 4.42 Å². The molecule has 3 aromatic heterocycles. The van der Waals surface area contributed by atoms with E-state index in [0.29, 0.717) is 5.69 Å². The molecule has 0 spiro atoms. The minimum atomic E-state index is -0.985. The predicted octanol–water partition coefficient (Wildman–Crippen LogP) is 4.64. The van der Waals surface area contributed by atoms with Crippen LogP contribution in [0.3, 0.4) is 0 Å². The number of thioether (sulfide) groups is 1. The van der Waals surface area contributed by atoms with E-state index in [1.165, 1.54) is 5.57 Å². The molecular weight excluding hydrogens is 332 g/mol. The Kier molecular flexibility index (Phi) is 4.13. The molecule has 0 radical (unpaired) electrons. The monoisotopic (exact) mass is 352 g/mol. The summed E-state index contributed by atoms with van der Waals surface area (Å²) in [6, 6.07) is 7.82. The van der Waals surface area contributed by atoms with Crippen LogP contribution in [-0.4, -0.2) is 26.6 Å². The lowest BCUT2D eigenvalue weighted by atomic mass is 10.00. The van der Waals surface area contributed by atoms with Crippen LogP contribution in [0.1, 0.15) is 31.7 Å². The molecule has 0 fully saturated rings. The summed E-state index contributed by atoms with van der Waals surface area (Å²) in [5.74, 6) is 3.07. The Morgan fingerprint density at radius 2 is 2.00 bits per heavy atom. The Morgan fingerprint density at radius 1 is 1.16 bits per heavy atom. The first kappa shape index (κ1) is 16.4. The van der Waals surface area contributed by atoms with Gasteiger partial charge in [0.15, 0.2) is 5.58 Å². The highest BCUT2D eigenvalue weighted by Gasteiger charge is 2.20. The van der Waals surface area contributed by atoms with Gasteiger partial charge in [0.2, 0.25) is 0 Å². The second-order valence-corrected chi connectivity index (χ2v) is 7.88. The number of hydrogen-bond donors (Lipinski definition) is 1. The van der Waals surface area contributed by atoms with Gasteiger partial charge < -0.3 is 9.52 Å². The molecule has 1 aliphatic heterocycles. The van der Waals surface area contributed by atoms with Crippen molar-refractivity contribution in [3.8, 4) is 11.1 Å². The zero-order valence-corrected chi connectivity index (χ0v) is 15.1. The number of allylic oxidation sites excluding steroid dienone is 1. The lowest BCUT2D eigenvalue weighted by Crippen LogP contribution is -2.17. The third kappa shape index (κ3) is 3.22. The van der Waals surface area contributed by atoms with Crippen LogP contribution < -0.4 is 0 Å². The van der Waals surface area contributed by atoms with Gasteiger partial charge in [-0.25, -0.2) is 0 Å². The average Bonchev–Trinajstić information content (AvgIpc) is 3.06. The molecule has 1 aliphatic rings. The summed E-state index contributed by atoms with van der Waals surface area (Å²) >= 11 is 1.94. The Balaban J connectivity index is 1.83. The van der Waals surface area contributed by atoms with Crippen molar-refractivity contribution in [3.63, 3.8) is 0 Å². The zero-order valence-electron chi connectivity index (χ0n) is 14.3. The highest BCUT2D eigenvalue weighted by Crippen LogP contribution is 2.35. The van der Waals surface area contributed by atoms with Gasteiger partial charge in [0.05, 0.1) is 5.69 Å². The van der Waals surface area contributed by atoms with Gasteiger partial charge in [-0.15, -0.1) is 0 Å². The van der Waals surface area contributed by atoms with Gasteiger partial charge in [0.1, 0.15) is 16.9 Å². The van der Waals surface area contributed by atoms with Crippen molar-refractivity contribution in [1.29, 1.82) is 0 Å². The number of rotatable bonds is 3. The van der Waals surface area contributed by atoms with E-state index in [1.54, 1.807) is 26.2 Å². The van der Waals surface area contributed by atoms with Crippen LogP contribution >= 0.6 is 11.8 Å². The molecule has 0 saturated heterocycles. The second-order valence-electron chi connectivity index (χ2n) is 6.73. The standard InChI is InChI=1S/C20H20N2O2S/c1-20(2,23)18-11-14(3-7-22-18)15-4-8-21-16-12-17(24-19(15)16)13-5-9-25-10-6-13/h3-5,7-8,11-12,23H,6,9-10H2,1-2H3. The number of aromatic nitrogens is 2. The maximum atomic E-state index is 10.2. The van der Waals surface area contributed by atoms with Crippen LogP contribution in [0.4, 0.5) is 0 Å². The summed E-state index contributed by atoms with van der Waals surface area (Å²) in [6.07, 6.45) is 6.79. The van der Waals surface area contributed by atoms with Crippen LogP contribution in [0.25, 0.3) is 27.8 Å². The van der Waals surface area contributed by atoms with Crippen LogP contribution in [0.5, 0.6) is 0 Å². The maximum Gasteiger partial charge on any atom is 0.161 e. The third-order valence-corrected chi connectivity index (χ3v) is 5.28. The first-order valence-corrected chi connectivity index (χ1v) is 9.53. The van der Waals surface area contributed by atoms with Crippen LogP contribution in [0, 0.1) is 0 Å². The number of nitrogens with zero attached hydrogens (tertiary/aromatic N) is 2. The van der Waals surface area contributed by atoms with E-state index < -0.39 is 5.60 Å². The first-order chi connectivity index (χ1) is 12.0. The van der Waals surface area contributed by atoms with Crippen LogP contribution in [0.15, 0.2) is 47.2 Å². The lowest BCUT2D eigenvalue weighted by Gasteiger charge is -2.17. The normalized spacial score (nSPS) is 15.4. The smallest absolute Gasteiger partial charge is 0.161 e. The minimum absolute atomic E-state index is 0.633. The fraction of sp³-hybridized carbons (Fsp3) is 0.300. The molecular formula is C20H20N2O2S. The molecule has 4 rings (SSSR count). The summed E-state index contributed by atoms with van der Waals surface area (Å²) in [6.45, 7) is 3.47. The molecule has 0 aliphatic carbocycles. The first-order valence-electron chi connectivity index (χ1n) is 8.37. The quantitative estimate of drug-likeness (QED) is 0.744. The molecule has 5 heteroatoms. The topological polar surface area (TPSA) is 59.2 Å². The molecule has 4 heterocycles. The van der Waals surface area contributed by atoms with Gasteiger partial charge in [0.25, 0.3) is 0 Å². The molecule has 0 atom stereocenters. The van der Waals surface area contributed by atoms with Crippen molar-refractivity contribution in [3.05, 3.63) is 54.2 Å². The molecule has 0 bridgehead atoms. The van der Waals surface area contributed by atoms with Crippen LogP contribution in [0.2, 0.25) is 0 Å². The summed E-state index contributed by atoms with van der Waals surface area (Å²) in [7, 11) is 0. The van der Waals surface area contributed by atoms with Gasteiger partial charge in [-0.05, 0) is 55.4 Å². The molecule has 4 nitrogen and oxygen atoms in total. The average molecular weight is 352 g/mol. The van der Waals surface area contributed by atoms with E-state index in [-0.39, 0.29) is 0 Å². The molecule has 128 valence electrons. The third-order valence-electron chi connectivity index (χ3n) is 4.39. The summed E-state index contributed by atoms with van der Waals surface area (Å²) in [4.78, 5) is 8.75. The van der Waals surface area contributed by atoms with Crippen molar-refractivity contribution in [2.75, 3.05) is 11.5 Å². The number of hydrogen-bond acceptors (Lipinski definition) is 5. The van der Waals surface area contributed by atoms with E-state index >= 15 is 0 Å². The second kappa shape index (κ2) is 6.32. The Labute approximate surface area is 151 Å². The summed E-state index contributed by atoms with van der Waals surface area (Å²) in [5.41, 5.74) is 4.48. The molecule has 25 heavy (non-hydrogen) atoms. The predicted molar refractivity (Wildman–Crippen MR) is 102 cm³/mol. The molecule has 1 N–H and O–H groups in total. The van der Waals surface area contributed by atoms with Gasteiger partial charge in [0, 0.05) is 29.8 Å². The van der Waals surface area contributed by atoms with Gasteiger partial charge in [-0.3, -0.25) is 9.97 Å². The van der Waals surface area contributed by atoms with E-state index in [9.17, 15) is 5.11 Å². The van der Waals surface area contributed by atoms with E-state index in [1.807, 2.05) is 36.0 Å².